The van der Waals surface area contributed by atoms with Crippen molar-refractivity contribution in [2.24, 2.45) is 5.92 Å². The Labute approximate surface area is 181 Å². The minimum atomic E-state index is -0.176. The van der Waals surface area contributed by atoms with Crippen LogP contribution in [0.4, 0.5) is 0 Å². The summed E-state index contributed by atoms with van der Waals surface area (Å²) in [6, 6.07) is 0. The highest BCUT2D eigenvalue weighted by Crippen LogP contribution is 2.38. The fraction of sp³-hybridized carbons (Fsp3) is 0.667. The van der Waals surface area contributed by atoms with E-state index in [0.717, 1.165) is 25.7 Å². The van der Waals surface area contributed by atoms with Gasteiger partial charge in [0.25, 0.3) is 0 Å². The number of piperidine rings is 1. The van der Waals surface area contributed by atoms with Gasteiger partial charge >= 0.3 is 0 Å². The minimum absolute atomic E-state index is 0.0284. The molecule has 10 nitrogen and oxygen atoms in total. The highest BCUT2D eigenvalue weighted by atomic mass is 16.5. The first kappa shape index (κ1) is 21.8. The van der Waals surface area contributed by atoms with Crippen LogP contribution in [-0.4, -0.2) is 83.1 Å². The van der Waals surface area contributed by atoms with E-state index < -0.39 is 0 Å². The molecule has 0 saturated carbocycles. The largest absolute Gasteiger partial charge is 0.382 e. The van der Waals surface area contributed by atoms with E-state index in [-0.39, 0.29) is 18.1 Å². The number of rotatable bonds is 8. The van der Waals surface area contributed by atoms with E-state index in [1.165, 1.54) is 0 Å². The second-order valence-electron chi connectivity index (χ2n) is 8.12. The Hall–Kier alpha value is -2.43. The van der Waals surface area contributed by atoms with Crippen LogP contribution in [0.5, 0.6) is 0 Å². The topological polar surface area (TPSA) is 113 Å². The molecular weight excluding hydrogens is 402 g/mol. The normalized spacial score (nSPS) is 20.8. The lowest BCUT2D eigenvalue weighted by atomic mass is 9.78. The van der Waals surface area contributed by atoms with Gasteiger partial charge in [-0.1, -0.05) is 5.16 Å². The van der Waals surface area contributed by atoms with Crippen LogP contribution in [0.25, 0.3) is 11.5 Å². The summed E-state index contributed by atoms with van der Waals surface area (Å²) in [4.78, 5) is 27.0. The maximum Gasteiger partial charge on any atom is 0.248 e. The van der Waals surface area contributed by atoms with Crippen molar-refractivity contribution in [1.29, 1.82) is 0 Å². The number of methoxy groups -OCH3 is 1. The molecule has 1 unspecified atom stereocenters. The molecular formula is C21H29N5O5. The molecule has 0 N–H and O–H groups in total. The zero-order valence-corrected chi connectivity index (χ0v) is 17.9. The van der Waals surface area contributed by atoms with Crippen LogP contribution >= 0.6 is 0 Å². The third-order valence-corrected chi connectivity index (χ3v) is 6.00. The third kappa shape index (κ3) is 5.63. The molecule has 0 aliphatic carbocycles. The summed E-state index contributed by atoms with van der Waals surface area (Å²) in [5.74, 6) is 1.51. The number of nitrogens with zero attached hydrogens (tertiary/aromatic N) is 5. The zero-order valence-electron chi connectivity index (χ0n) is 17.9. The van der Waals surface area contributed by atoms with Crippen molar-refractivity contribution in [2.75, 3.05) is 46.6 Å². The van der Waals surface area contributed by atoms with Gasteiger partial charge in [0.2, 0.25) is 17.6 Å². The molecule has 1 spiro atoms. The van der Waals surface area contributed by atoms with Crippen molar-refractivity contribution in [3.05, 3.63) is 24.5 Å². The Bertz CT molecular complexity index is 838. The van der Waals surface area contributed by atoms with Crippen molar-refractivity contribution < 1.29 is 23.5 Å². The van der Waals surface area contributed by atoms with E-state index in [1.54, 1.807) is 25.7 Å². The molecule has 0 aromatic carbocycles. The molecule has 2 aromatic heterocycles. The number of hydrogen-bond acceptors (Lipinski definition) is 9. The lowest BCUT2D eigenvalue weighted by Crippen LogP contribution is -2.51. The van der Waals surface area contributed by atoms with Gasteiger partial charge in [0, 0.05) is 45.6 Å². The van der Waals surface area contributed by atoms with E-state index in [1.807, 2.05) is 4.90 Å². The van der Waals surface area contributed by atoms with Gasteiger partial charge in [0.05, 0.1) is 25.0 Å². The maximum absolute atomic E-state index is 12.3. The van der Waals surface area contributed by atoms with Gasteiger partial charge in [-0.3, -0.25) is 9.78 Å². The smallest absolute Gasteiger partial charge is 0.248 e. The summed E-state index contributed by atoms with van der Waals surface area (Å²) < 4.78 is 22.0. The fourth-order valence-corrected chi connectivity index (χ4v) is 4.31. The first-order valence-electron chi connectivity index (χ1n) is 10.7. The Morgan fingerprint density at radius 2 is 2.16 bits per heavy atom. The Morgan fingerprint density at radius 3 is 2.94 bits per heavy atom. The van der Waals surface area contributed by atoms with E-state index in [4.69, 9.17) is 18.7 Å². The second-order valence-corrected chi connectivity index (χ2v) is 8.12. The first-order chi connectivity index (χ1) is 15.2. The molecule has 1 atom stereocenters. The molecule has 168 valence electrons. The van der Waals surface area contributed by atoms with E-state index in [9.17, 15) is 4.79 Å². The predicted octanol–water partition coefficient (Wildman–Crippen LogP) is 1.52. The fourth-order valence-electron chi connectivity index (χ4n) is 4.31. The van der Waals surface area contributed by atoms with E-state index >= 15 is 0 Å². The van der Waals surface area contributed by atoms with Crippen LogP contribution in [0, 0.1) is 5.92 Å². The van der Waals surface area contributed by atoms with Gasteiger partial charge in [-0.05, 0) is 31.6 Å². The molecule has 2 aliphatic heterocycles. The molecule has 2 fully saturated rings. The van der Waals surface area contributed by atoms with Gasteiger partial charge in [-0.15, -0.1) is 0 Å². The zero-order chi connectivity index (χ0) is 21.5. The van der Waals surface area contributed by atoms with Crippen molar-refractivity contribution in [3.63, 3.8) is 0 Å². The average molecular weight is 431 g/mol. The van der Waals surface area contributed by atoms with Crippen LogP contribution in [-0.2, 0) is 25.4 Å². The predicted molar refractivity (Wildman–Crippen MR) is 109 cm³/mol. The van der Waals surface area contributed by atoms with Crippen molar-refractivity contribution in [2.45, 2.75) is 37.7 Å². The molecule has 0 radical (unpaired) electrons. The third-order valence-electron chi connectivity index (χ3n) is 6.00. The van der Waals surface area contributed by atoms with Crippen LogP contribution in [0.3, 0.4) is 0 Å². The summed E-state index contributed by atoms with van der Waals surface area (Å²) in [6.07, 6.45) is 9.12. The van der Waals surface area contributed by atoms with Crippen molar-refractivity contribution in [1.82, 2.24) is 25.0 Å². The highest BCUT2D eigenvalue weighted by molar-refractivity contribution is 5.77. The van der Waals surface area contributed by atoms with Crippen LogP contribution < -0.4 is 0 Å². The Kier molecular flexibility index (Phi) is 7.21. The molecule has 1 amide bonds. The SMILES string of the molecule is COCCOCC(=O)N1CCC2(CC1)CC(Cc1nc(-c3cnccn3)no1)CCO2. The number of ether oxygens (including phenoxy) is 3. The van der Waals surface area contributed by atoms with E-state index in [0.29, 0.717) is 62.7 Å². The maximum atomic E-state index is 12.3. The quantitative estimate of drug-likeness (QED) is 0.574. The second kappa shape index (κ2) is 10.3. The molecule has 2 saturated heterocycles. The summed E-state index contributed by atoms with van der Waals surface area (Å²) in [7, 11) is 1.61. The standard InChI is InChI=1S/C21H29N5O5/c1-28-10-11-29-15-19(27)26-7-3-21(4-8-26)13-16(2-9-30-21)12-18-24-20(25-31-18)17-14-22-5-6-23-17/h5-6,14,16H,2-4,7-13,15H2,1H3. The highest BCUT2D eigenvalue weighted by Gasteiger charge is 2.41. The Balaban J connectivity index is 1.27. The molecule has 0 bridgehead atoms. The van der Waals surface area contributed by atoms with Gasteiger partial charge in [0.15, 0.2) is 0 Å². The van der Waals surface area contributed by atoms with E-state index in [2.05, 4.69) is 20.1 Å². The number of hydrogen-bond donors (Lipinski definition) is 0. The molecule has 4 heterocycles. The van der Waals surface area contributed by atoms with Gasteiger partial charge < -0.3 is 23.6 Å². The lowest BCUT2D eigenvalue weighted by molar-refractivity contribution is -0.151. The molecule has 4 rings (SSSR count). The lowest BCUT2D eigenvalue weighted by Gasteiger charge is -2.46. The summed E-state index contributed by atoms with van der Waals surface area (Å²) >= 11 is 0. The molecule has 10 heteroatoms. The van der Waals surface area contributed by atoms with Gasteiger partial charge in [0.1, 0.15) is 12.3 Å². The van der Waals surface area contributed by atoms with Crippen LogP contribution in [0.15, 0.2) is 23.1 Å². The molecule has 31 heavy (non-hydrogen) atoms. The summed E-state index contributed by atoms with van der Waals surface area (Å²) in [6.45, 7) is 3.12. The minimum Gasteiger partial charge on any atom is -0.382 e. The number of aromatic nitrogens is 4. The molecule has 2 aromatic rings. The first-order valence-corrected chi connectivity index (χ1v) is 10.7. The summed E-state index contributed by atoms with van der Waals surface area (Å²) in [5, 5.41) is 4.04. The average Bonchev–Trinajstić information content (AvgIpc) is 3.26. The summed E-state index contributed by atoms with van der Waals surface area (Å²) in [5.41, 5.74) is 0.425. The Morgan fingerprint density at radius 1 is 1.29 bits per heavy atom. The number of amides is 1. The van der Waals surface area contributed by atoms with Crippen LogP contribution in [0.1, 0.15) is 31.6 Å². The van der Waals surface area contributed by atoms with Crippen molar-refractivity contribution >= 4 is 5.91 Å². The monoisotopic (exact) mass is 431 g/mol. The van der Waals surface area contributed by atoms with Crippen molar-refractivity contribution in [3.8, 4) is 11.5 Å². The molecule has 2 aliphatic rings. The number of likely N-dealkylation sites (tertiary alicyclic amines) is 1. The van der Waals surface area contributed by atoms with Gasteiger partial charge in [-0.2, -0.15) is 4.98 Å². The van der Waals surface area contributed by atoms with Crippen LogP contribution in [0.2, 0.25) is 0 Å². The number of carbonyl (C=O) groups excluding carboxylic acids is 1. The van der Waals surface area contributed by atoms with Gasteiger partial charge in [-0.25, -0.2) is 4.98 Å². The number of carbonyl (C=O) groups is 1.